The Bertz CT molecular complexity index is 276. The van der Waals surface area contributed by atoms with Gasteiger partial charge in [-0.05, 0) is 24.1 Å². The van der Waals surface area contributed by atoms with Crippen LogP contribution in [0.3, 0.4) is 0 Å². The van der Waals surface area contributed by atoms with Crippen LogP contribution in [-0.4, -0.2) is 22.9 Å². The third kappa shape index (κ3) is 3.06. The fourth-order valence-electron chi connectivity index (χ4n) is 1.18. The fourth-order valence-corrected chi connectivity index (χ4v) is 1.18. The lowest BCUT2D eigenvalue weighted by Crippen LogP contribution is -2.26. The van der Waals surface area contributed by atoms with Crippen LogP contribution in [0.4, 0.5) is 4.39 Å². The van der Waals surface area contributed by atoms with Gasteiger partial charge in [0.15, 0.2) is 0 Å². The van der Waals surface area contributed by atoms with E-state index in [2.05, 4.69) is 0 Å². The van der Waals surface area contributed by atoms with Gasteiger partial charge in [0.05, 0.1) is 12.7 Å². The second-order valence-electron chi connectivity index (χ2n) is 3.25. The van der Waals surface area contributed by atoms with Crippen LogP contribution in [0.1, 0.15) is 18.1 Å². The summed E-state index contributed by atoms with van der Waals surface area (Å²) in [7, 11) is 0. The summed E-state index contributed by atoms with van der Waals surface area (Å²) in [5.41, 5.74) is 6.06. The van der Waals surface area contributed by atoms with Crippen molar-refractivity contribution in [3.63, 3.8) is 0 Å². The predicted octanol–water partition coefficient (Wildman–Crippen LogP) is 0.569. The zero-order valence-electron chi connectivity index (χ0n) is 7.73. The van der Waals surface area contributed by atoms with E-state index in [9.17, 15) is 9.50 Å². The lowest BCUT2D eigenvalue weighted by molar-refractivity contribution is 0.140. The highest BCUT2D eigenvalue weighted by Gasteiger charge is 2.11. The van der Waals surface area contributed by atoms with Crippen molar-refractivity contribution < 1.29 is 14.6 Å². The van der Waals surface area contributed by atoms with Crippen molar-refractivity contribution in [1.82, 2.24) is 0 Å². The van der Waals surface area contributed by atoms with Crippen LogP contribution >= 0.6 is 0 Å². The minimum atomic E-state index is -0.752. The molecular weight excluding hydrogens is 185 g/mol. The van der Waals surface area contributed by atoms with Crippen molar-refractivity contribution in [2.45, 2.75) is 18.6 Å². The van der Waals surface area contributed by atoms with Gasteiger partial charge in [-0.25, -0.2) is 4.39 Å². The molecule has 0 amide bonds. The summed E-state index contributed by atoms with van der Waals surface area (Å²) < 4.78 is 12.5. The first kappa shape index (κ1) is 11.1. The molecule has 1 aromatic rings. The Labute approximate surface area is 82.0 Å². The first-order chi connectivity index (χ1) is 6.63. The van der Waals surface area contributed by atoms with E-state index < -0.39 is 12.1 Å². The first-order valence-corrected chi connectivity index (χ1v) is 4.43. The zero-order chi connectivity index (χ0) is 10.6. The number of hydrogen-bond donors (Lipinski definition) is 3. The van der Waals surface area contributed by atoms with Gasteiger partial charge in [-0.1, -0.05) is 12.1 Å². The highest BCUT2D eigenvalue weighted by atomic mass is 19.1. The Kier molecular flexibility index (Phi) is 4.00. The van der Waals surface area contributed by atoms with Crippen molar-refractivity contribution in [1.29, 1.82) is 0 Å². The fraction of sp³-hybridized carbons (Fsp3) is 0.400. The molecule has 0 saturated carbocycles. The van der Waals surface area contributed by atoms with Crippen LogP contribution in [0.25, 0.3) is 0 Å². The average molecular weight is 199 g/mol. The molecule has 0 fully saturated rings. The van der Waals surface area contributed by atoms with E-state index in [0.29, 0.717) is 5.56 Å². The molecular formula is C10H14FNO2. The second kappa shape index (κ2) is 5.05. The molecule has 0 spiro atoms. The molecule has 4 N–H and O–H groups in total. The largest absolute Gasteiger partial charge is 0.395 e. The highest BCUT2D eigenvalue weighted by Crippen LogP contribution is 2.17. The molecule has 0 radical (unpaired) electrons. The number of nitrogens with two attached hydrogens (primary N) is 1. The molecule has 2 atom stereocenters. The van der Waals surface area contributed by atoms with E-state index in [0.717, 1.165) is 0 Å². The van der Waals surface area contributed by atoms with Gasteiger partial charge in [-0.2, -0.15) is 0 Å². The molecule has 1 rings (SSSR count). The molecule has 4 heteroatoms. The summed E-state index contributed by atoms with van der Waals surface area (Å²) in [5, 5.41) is 18.3. The average Bonchev–Trinajstić information content (AvgIpc) is 2.18. The first-order valence-electron chi connectivity index (χ1n) is 4.43. The summed E-state index contributed by atoms with van der Waals surface area (Å²) in [5.74, 6) is -0.340. The molecule has 78 valence electrons. The van der Waals surface area contributed by atoms with E-state index in [1.54, 1.807) is 0 Å². The molecule has 0 bridgehead atoms. The number of aliphatic hydroxyl groups excluding tert-OH is 2. The molecule has 0 aliphatic carbocycles. The maximum absolute atomic E-state index is 12.5. The summed E-state index contributed by atoms with van der Waals surface area (Å²) in [6.45, 7) is -0.168. The van der Waals surface area contributed by atoms with Gasteiger partial charge in [0.25, 0.3) is 0 Å². The standard InChI is InChI=1S/C10H14FNO2/c11-8-3-1-7(2-4-8)10(14)5-9(12)6-13/h1-4,9-10,13-14H,5-6,12H2/t9-,10+/m0/s1. The van der Waals surface area contributed by atoms with E-state index in [-0.39, 0.29) is 18.8 Å². The molecule has 0 aliphatic rings. The molecule has 0 saturated heterocycles. The Morgan fingerprint density at radius 3 is 2.36 bits per heavy atom. The van der Waals surface area contributed by atoms with Crippen LogP contribution in [0.5, 0.6) is 0 Å². The van der Waals surface area contributed by atoms with E-state index in [4.69, 9.17) is 10.8 Å². The SMILES string of the molecule is N[C@H](CO)C[C@@H](O)c1ccc(F)cc1. The van der Waals surface area contributed by atoms with Gasteiger partial charge in [-0.15, -0.1) is 0 Å². The Morgan fingerprint density at radius 1 is 1.29 bits per heavy atom. The monoisotopic (exact) mass is 199 g/mol. The number of aliphatic hydroxyl groups is 2. The Hall–Kier alpha value is -0.970. The zero-order valence-corrected chi connectivity index (χ0v) is 7.73. The van der Waals surface area contributed by atoms with E-state index in [1.807, 2.05) is 0 Å². The number of hydrogen-bond acceptors (Lipinski definition) is 3. The third-order valence-electron chi connectivity index (χ3n) is 2.02. The van der Waals surface area contributed by atoms with Gasteiger partial charge in [0.2, 0.25) is 0 Å². The summed E-state index contributed by atoms with van der Waals surface area (Å²) in [6, 6.07) is 5.12. The van der Waals surface area contributed by atoms with Gasteiger partial charge in [0.1, 0.15) is 5.82 Å². The van der Waals surface area contributed by atoms with Crippen molar-refractivity contribution in [3.05, 3.63) is 35.6 Å². The minimum absolute atomic E-state index is 0.168. The summed E-state index contributed by atoms with van der Waals surface area (Å²) in [4.78, 5) is 0. The van der Waals surface area contributed by atoms with Crippen LogP contribution in [-0.2, 0) is 0 Å². The van der Waals surface area contributed by atoms with Crippen molar-refractivity contribution in [2.24, 2.45) is 5.73 Å². The predicted molar refractivity (Wildman–Crippen MR) is 51.0 cm³/mol. The smallest absolute Gasteiger partial charge is 0.123 e. The number of rotatable bonds is 4. The van der Waals surface area contributed by atoms with Crippen molar-refractivity contribution in [3.8, 4) is 0 Å². The Balaban J connectivity index is 2.60. The molecule has 0 heterocycles. The molecule has 14 heavy (non-hydrogen) atoms. The molecule has 1 aromatic carbocycles. The number of halogens is 1. The summed E-state index contributed by atoms with van der Waals surface area (Å²) >= 11 is 0. The van der Waals surface area contributed by atoms with Crippen molar-refractivity contribution in [2.75, 3.05) is 6.61 Å². The molecule has 3 nitrogen and oxygen atoms in total. The molecule has 0 unspecified atom stereocenters. The minimum Gasteiger partial charge on any atom is -0.395 e. The van der Waals surface area contributed by atoms with E-state index in [1.165, 1.54) is 24.3 Å². The number of benzene rings is 1. The third-order valence-corrected chi connectivity index (χ3v) is 2.02. The quantitative estimate of drug-likeness (QED) is 0.664. The van der Waals surface area contributed by atoms with Gasteiger partial charge >= 0.3 is 0 Å². The van der Waals surface area contributed by atoms with Crippen LogP contribution in [0.15, 0.2) is 24.3 Å². The maximum atomic E-state index is 12.5. The van der Waals surface area contributed by atoms with Gasteiger partial charge < -0.3 is 15.9 Å². The highest BCUT2D eigenvalue weighted by molar-refractivity contribution is 5.18. The summed E-state index contributed by atoms with van der Waals surface area (Å²) in [6.07, 6.45) is -0.486. The molecule has 0 aromatic heterocycles. The van der Waals surface area contributed by atoms with E-state index >= 15 is 0 Å². The lowest BCUT2D eigenvalue weighted by Gasteiger charge is -2.14. The normalized spacial score (nSPS) is 15.1. The lowest BCUT2D eigenvalue weighted by atomic mass is 10.0. The van der Waals surface area contributed by atoms with Crippen LogP contribution in [0.2, 0.25) is 0 Å². The molecule has 0 aliphatic heterocycles. The maximum Gasteiger partial charge on any atom is 0.123 e. The van der Waals surface area contributed by atoms with Crippen molar-refractivity contribution >= 4 is 0 Å². The van der Waals surface area contributed by atoms with Gasteiger partial charge in [0, 0.05) is 6.04 Å². The topological polar surface area (TPSA) is 66.5 Å². The van der Waals surface area contributed by atoms with Crippen LogP contribution in [0, 0.1) is 5.82 Å². The van der Waals surface area contributed by atoms with Gasteiger partial charge in [-0.3, -0.25) is 0 Å². The van der Waals surface area contributed by atoms with Crippen LogP contribution < -0.4 is 5.73 Å². The second-order valence-corrected chi connectivity index (χ2v) is 3.25. The Morgan fingerprint density at radius 2 is 1.86 bits per heavy atom.